The van der Waals surface area contributed by atoms with Crippen molar-refractivity contribution in [3.05, 3.63) is 29.8 Å². The van der Waals surface area contributed by atoms with Gasteiger partial charge in [0.1, 0.15) is 5.75 Å². The molecule has 0 aromatic heterocycles. The van der Waals surface area contributed by atoms with E-state index in [9.17, 15) is 9.59 Å². The van der Waals surface area contributed by atoms with Crippen molar-refractivity contribution >= 4 is 11.8 Å². The SMILES string of the molecule is COc1ccccc1C(=O)N1CCOC2(C1)CN(C(=O)C1CC1)CCCO2. The van der Waals surface area contributed by atoms with E-state index in [0.717, 1.165) is 19.3 Å². The highest BCUT2D eigenvalue weighted by atomic mass is 16.7. The fraction of sp³-hybridized carbons (Fsp3) is 0.600. The summed E-state index contributed by atoms with van der Waals surface area (Å²) >= 11 is 0. The van der Waals surface area contributed by atoms with E-state index in [1.54, 1.807) is 24.1 Å². The predicted molar refractivity (Wildman–Crippen MR) is 97.5 cm³/mol. The number of benzene rings is 1. The molecule has 3 aliphatic rings. The second-order valence-corrected chi connectivity index (χ2v) is 7.42. The molecule has 1 saturated carbocycles. The summed E-state index contributed by atoms with van der Waals surface area (Å²) in [5.41, 5.74) is 0.525. The number of nitrogens with zero attached hydrogens (tertiary/aromatic N) is 2. The number of methoxy groups -OCH3 is 1. The summed E-state index contributed by atoms with van der Waals surface area (Å²) in [7, 11) is 1.56. The zero-order valence-electron chi connectivity index (χ0n) is 15.7. The zero-order chi connectivity index (χ0) is 18.9. The minimum Gasteiger partial charge on any atom is -0.496 e. The van der Waals surface area contributed by atoms with Gasteiger partial charge in [0.05, 0.1) is 39.0 Å². The summed E-state index contributed by atoms with van der Waals surface area (Å²) in [6.45, 7) is 2.74. The van der Waals surface area contributed by atoms with E-state index in [4.69, 9.17) is 14.2 Å². The second-order valence-electron chi connectivity index (χ2n) is 7.42. The summed E-state index contributed by atoms with van der Waals surface area (Å²) in [4.78, 5) is 29.3. The van der Waals surface area contributed by atoms with Crippen LogP contribution in [0.15, 0.2) is 24.3 Å². The Labute approximate surface area is 159 Å². The first-order valence-electron chi connectivity index (χ1n) is 9.61. The van der Waals surface area contributed by atoms with E-state index < -0.39 is 5.79 Å². The molecule has 1 spiro atoms. The lowest BCUT2D eigenvalue weighted by Crippen LogP contribution is -2.59. The standard InChI is InChI=1S/C20H26N2O5/c1-25-17-6-3-2-5-16(17)19(24)22-10-12-27-20(14-22)13-21(9-4-11-26-20)18(23)15-7-8-15/h2-3,5-6,15H,4,7-14H2,1H3. The smallest absolute Gasteiger partial charge is 0.257 e. The minimum atomic E-state index is -0.947. The van der Waals surface area contributed by atoms with Gasteiger partial charge in [0.25, 0.3) is 5.91 Å². The second kappa shape index (κ2) is 7.48. The van der Waals surface area contributed by atoms with E-state index in [2.05, 4.69) is 0 Å². The van der Waals surface area contributed by atoms with Gasteiger partial charge in [-0.25, -0.2) is 0 Å². The summed E-state index contributed by atoms with van der Waals surface area (Å²) in [6.07, 6.45) is 2.73. The van der Waals surface area contributed by atoms with Crippen molar-refractivity contribution in [3.8, 4) is 5.75 Å². The van der Waals surface area contributed by atoms with Gasteiger partial charge in [0.15, 0.2) is 0 Å². The molecule has 27 heavy (non-hydrogen) atoms. The van der Waals surface area contributed by atoms with Gasteiger partial charge >= 0.3 is 0 Å². The minimum absolute atomic E-state index is 0.108. The third kappa shape index (κ3) is 3.80. The highest BCUT2D eigenvalue weighted by Gasteiger charge is 2.45. The normalized spacial score (nSPS) is 26.0. The molecule has 7 heteroatoms. The van der Waals surface area contributed by atoms with E-state index in [1.807, 2.05) is 17.0 Å². The summed E-state index contributed by atoms with van der Waals surface area (Å²) in [5.74, 6) is -0.151. The van der Waals surface area contributed by atoms with Gasteiger partial charge in [0, 0.05) is 19.0 Å². The number of carbonyl (C=O) groups is 2. The quantitative estimate of drug-likeness (QED) is 0.803. The van der Waals surface area contributed by atoms with Crippen molar-refractivity contribution < 1.29 is 23.8 Å². The molecule has 1 aliphatic carbocycles. The van der Waals surface area contributed by atoms with Crippen molar-refractivity contribution in [2.75, 3.05) is 46.5 Å². The average molecular weight is 374 g/mol. The number of carbonyl (C=O) groups excluding carboxylic acids is 2. The lowest BCUT2D eigenvalue weighted by atomic mass is 10.1. The van der Waals surface area contributed by atoms with Crippen molar-refractivity contribution in [2.45, 2.75) is 25.0 Å². The Kier molecular flexibility index (Phi) is 5.06. The predicted octanol–water partition coefficient (Wildman–Crippen LogP) is 1.52. The van der Waals surface area contributed by atoms with Gasteiger partial charge in [-0.05, 0) is 31.4 Å². The fourth-order valence-corrected chi connectivity index (χ4v) is 3.81. The van der Waals surface area contributed by atoms with E-state index in [-0.39, 0.29) is 17.7 Å². The Hall–Kier alpha value is -2.12. The molecule has 1 aromatic carbocycles. The molecule has 1 unspecified atom stereocenters. The highest BCUT2D eigenvalue weighted by molar-refractivity contribution is 5.97. The van der Waals surface area contributed by atoms with Crippen LogP contribution < -0.4 is 4.74 Å². The van der Waals surface area contributed by atoms with Crippen LogP contribution in [-0.4, -0.2) is 73.9 Å². The van der Waals surface area contributed by atoms with Crippen molar-refractivity contribution in [3.63, 3.8) is 0 Å². The third-order valence-corrected chi connectivity index (χ3v) is 5.39. The lowest BCUT2D eigenvalue weighted by Gasteiger charge is -2.43. The molecular formula is C20H26N2O5. The molecule has 1 atom stereocenters. The first-order chi connectivity index (χ1) is 13.1. The molecule has 2 saturated heterocycles. The maximum atomic E-state index is 13.1. The van der Waals surface area contributed by atoms with Crippen molar-refractivity contribution in [2.24, 2.45) is 5.92 Å². The van der Waals surface area contributed by atoms with Crippen LogP contribution in [0.1, 0.15) is 29.6 Å². The van der Waals surface area contributed by atoms with Gasteiger partial charge in [-0.3, -0.25) is 9.59 Å². The van der Waals surface area contributed by atoms with Crippen LogP contribution in [-0.2, 0) is 14.3 Å². The molecular weight excluding hydrogens is 348 g/mol. The van der Waals surface area contributed by atoms with Gasteiger partial charge in [-0.1, -0.05) is 12.1 Å². The molecule has 0 radical (unpaired) electrons. The number of amides is 2. The summed E-state index contributed by atoms with van der Waals surface area (Å²) in [6, 6.07) is 7.21. The Balaban J connectivity index is 1.52. The van der Waals surface area contributed by atoms with E-state index in [1.165, 1.54) is 0 Å². The molecule has 0 bridgehead atoms. The number of hydrogen-bond acceptors (Lipinski definition) is 5. The molecule has 2 heterocycles. The maximum absolute atomic E-state index is 13.1. The average Bonchev–Trinajstić information content (AvgIpc) is 3.55. The number of ether oxygens (including phenoxy) is 3. The van der Waals surface area contributed by atoms with Crippen LogP contribution in [0.3, 0.4) is 0 Å². The van der Waals surface area contributed by atoms with E-state index in [0.29, 0.717) is 50.7 Å². The Morgan fingerprint density at radius 1 is 1.07 bits per heavy atom. The first kappa shape index (κ1) is 18.3. The molecule has 3 fully saturated rings. The van der Waals surface area contributed by atoms with Crippen molar-refractivity contribution in [1.82, 2.24) is 9.80 Å². The summed E-state index contributed by atoms with van der Waals surface area (Å²) in [5, 5.41) is 0. The van der Waals surface area contributed by atoms with Crippen molar-refractivity contribution in [1.29, 1.82) is 0 Å². The van der Waals surface area contributed by atoms with Crippen LogP contribution in [0.5, 0.6) is 5.75 Å². The molecule has 2 aliphatic heterocycles. The van der Waals surface area contributed by atoms with Gasteiger partial charge in [-0.15, -0.1) is 0 Å². The Bertz CT molecular complexity index is 720. The molecule has 2 amide bonds. The summed E-state index contributed by atoms with van der Waals surface area (Å²) < 4.78 is 17.4. The monoisotopic (exact) mass is 374 g/mol. The highest BCUT2D eigenvalue weighted by Crippen LogP contribution is 2.33. The van der Waals surface area contributed by atoms with E-state index >= 15 is 0 Å². The Morgan fingerprint density at radius 2 is 1.81 bits per heavy atom. The van der Waals surface area contributed by atoms with Crippen LogP contribution in [0.25, 0.3) is 0 Å². The Morgan fingerprint density at radius 3 is 2.59 bits per heavy atom. The number of morpholine rings is 1. The number of para-hydroxylation sites is 1. The van der Waals surface area contributed by atoms with Crippen LogP contribution >= 0.6 is 0 Å². The molecule has 7 nitrogen and oxygen atoms in total. The van der Waals surface area contributed by atoms with Gasteiger partial charge in [0.2, 0.25) is 11.7 Å². The van der Waals surface area contributed by atoms with Crippen LogP contribution in [0, 0.1) is 5.92 Å². The zero-order valence-corrected chi connectivity index (χ0v) is 15.7. The maximum Gasteiger partial charge on any atom is 0.257 e. The largest absolute Gasteiger partial charge is 0.496 e. The van der Waals surface area contributed by atoms with Crippen LogP contribution in [0.4, 0.5) is 0 Å². The number of hydrogen-bond donors (Lipinski definition) is 0. The van der Waals surface area contributed by atoms with Crippen LogP contribution in [0.2, 0.25) is 0 Å². The molecule has 1 aromatic rings. The van der Waals surface area contributed by atoms with Gasteiger partial charge < -0.3 is 24.0 Å². The number of rotatable bonds is 3. The molecule has 0 N–H and O–H groups in total. The topological polar surface area (TPSA) is 68.3 Å². The molecule has 4 rings (SSSR count). The fourth-order valence-electron chi connectivity index (χ4n) is 3.81. The lowest BCUT2D eigenvalue weighted by molar-refractivity contribution is -0.260. The third-order valence-electron chi connectivity index (χ3n) is 5.39. The molecule has 146 valence electrons. The van der Waals surface area contributed by atoms with Gasteiger partial charge in [-0.2, -0.15) is 0 Å². The first-order valence-corrected chi connectivity index (χ1v) is 9.61.